The van der Waals surface area contributed by atoms with E-state index in [4.69, 9.17) is 5.48 Å². The monoisotopic (exact) mass is 104 g/mol. The molecule has 1 N–H and O–H groups in total. The first kappa shape index (κ1) is 2.03. The number of hydrogen-bond donors (Lipinski definition) is 1. The first-order valence-electron chi connectivity index (χ1n) is 4.23. The van der Waals surface area contributed by atoms with E-state index in [0.717, 1.165) is 0 Å². The van der Waals surface area contributed by atoms with Gasteiger partial charge in [0.15, 0.2) is 0 Å². The van der Waals surface area contributed by atoms with Crippen molar-refractivity contribution in [3.63, 3.8) is 0 Å². The minimum absolute atomic E-state index is 0.699. The molecule has 0 spiro atoms. The topological polar surface area (TPSA) is 15.3 Å². The summed E-state index contributed by atoms with van der Waals surface area (Å²) in [6.45, 7) is -3.21. The van der Waals surface area contributed by atoms with Gasteiger partial charge >= 0.3 is 0 Å². The van der Waals surface area contributed by atoms with Crippen molar-refractivity contribution < 1.29 is 5.48 Å². The van der Waals surface area contributed by atoms with Crippen molar-refractivity contribution in [1.82, 2.24) is 10.2 Å². The molecule has 0 aromatic rings. The third-order valence-corrected chi connectivity index (χ3v) is 0.934. The van der Waals surface area contributed by atoms with Crippen LogP contribution in [0.25, 0.3) is 0 Å². The molecule has 0 radical (unpaired) electrons. The Labute approximate surface area is 50.1 Å². The Morgan fingerprint density at radius 2 is 2.29 bits per heavy atom. The molecule has 1 fully saturated rings. The van der Waals surface area contributed by atoms with Crippen molar-refractivity contribution in [1.29, 1.82) is 0 Å². The van der Waals surface area contributed by atoms with Gasteiger partial charge in [-0.25, -0.2) is 0 Å². The molecule has 7 heavy (non-hydrogen) atoms. The Bertz CT molecular complexity index is 154. The molecule has 1 rings (SSSR count). The standard InChI is InChI=1S/C5H12N2/c1-7(2)5-3-6-4-5/h5-6H,3-4H2,1-2H3/i3D2,4D2. The summed E-state index contributed by atoms with van der Waals surface area (Å²) in [5, 5.41) is 2.21. The van der Waals surface area contributed by atoms with Gasteiger partial charge in [-0.15, -0.1) is 0 Å². The molecule has 1 aliphatic heterocycles. The minimum atomic E-state index is -1.60. The molecule has 0 unspecified atom stereocenters. The molecule has 2 heteroatoms. The molecule has 0 saturated carbocycles. The lowest BCUT2D eigenvalue weighted by atomic mass is 10.2. The number of hydrogen-bond acceptors (Lipinski definition) is 2. The molecule has 0 atom stereocenters. The van der Waals surface area contributed by atoms with Crippen LogP contribution in [0.1, 0.15) is 5.48 Å². The molecule has 0 bridgehead atoms. The third kappa shape index (κ3) is 0.924. The summed E-state index contributed by atoms with van der Waals surface area (Å²) in [5.41, 5.74) is 0. The Morgan fingerprint density at radius 1 is 1.71 bits per heavy atom. The molecular formula is C5H12N2. The highest BCUT2D eigenvalue weighted by molar-refractivity contribution is 4.80. The molecule has 1 aliphatic rings. The summed E-state index contributed by atoms with van der Waals surface area (Å²) in [6.07, 6.45) is 0. The van der Waals surface area contributed by atoms with Gasteiger partial charge in [-0.1, -0.05) is 0 Å². The Balaban J connectivity index is 2.73. The molecule has 1 saturated heterocycles. The highest BCUT2D eigenvalue weighted by Crippen LogP contribution is 1.96. The second-order valence-corrected chi connectivity index (χ2v) is 1.78. The zero-order chi connectivity index (χ0) is 8.86. The Kier molecular flexibility index (Phi) is 0.523. The van der Waals surface area contributed by atoms with Gasteiger partial charge in [0.05, 0.1) is 0 Å². The van der Waals surface area contributed by atoms with E-state index in [1.54, 1.807) is 19.0 Å². The molecule has 0 amide bonds. The van der Waals surface area contributed by atoms with Crippen LogP contribution in [0.3, 0.4) is 0 Å². The lowest BCUT2D eigenvalue weighted by molar-refractivity contribution is 0.216. The van der Waals surface area contributed by atoms with E-state index in [9.17, 15) is 0 Å². The zero-order valence-corrected chi connectivity index (χ0v) is 4.52. The van der Waals surface area contributed by atoms with Crippen LogP contribution < -0.4 is 5.32 Å². The fourth-order valence-corrected chi connectivity index (χ4v) is 0.395. The van der Waals surface area contributed by atoms with Gasteiger partial charge in [0.25, 0.3) is 0 Å². The molecule has 2 nitrogen and oxygen atoms in total. The highest BCUT2D eigenvalue weighted by Gasteiger charge is 2.17. The van der Waals surface area contributed by atoms with Crippen LogP contribution in [0.4, 0.5) is 0 Å². The van der Waals surface area contributed by atoms with E-state index in [0.29, 0.717) is 0 Å². The normalized spacial score (nSPS) is 45.6. The summed E-state index contributed by atoms with van der Waals surface area (Å²) in [5.74, 6) is 0. The average Bonchev–Trinajstić information content (AvgIpc) is 1.53. The Morgan fingerprint density at radius 3 is 2.43 bits per heavy atom. The van der Waals surface area contributed by atoms with E-state index >= 15 is 0 Å². The van der Waals surface area contributed by atoms with Crippen LogP contribution in [-0.4, -0.2) is 38.0 Å². The lowest BCUT2D eigenvalue weighted by Gasteiger charge is -2.32. The first-order valence-corrected chi connectivity index (χ1v) is 2.23. The SMILES string of the molecule is [2H]C1([2H])NC([2H])([2H])C1N(C)C. The van der Waals surface area contributed by atoms with Crippen molar-refractivity contribution in [2.75, 3.05) is 27.1 Å². The van der Waals surface area contributed by atoms with Gasteiger partial charge in [0.2, 0.25) is 0 Å². The van der Waals surface area contributed by atoms with E-state index in [2.05, 4.69) is 5.32 Å². The van der Waals surface area contributed by atoms with Gasteiger partial charge in [-0.3, -0.25) is 0 Å². The lowest BCUT2D eigenvalue weighted by Crippen LogP contribution is -2.54. The van der Waals surface area contributed by atoms with Crippen LogP contribution in [0.5, 0.6) is 0 Å². The summed E-state index contributed by atoms with van der Waals surface area (Å²) < 4.78 is 29.1. The van der Waals surface area contributed by atoms with Crippen LogP contribution in [-0.2, 0) is 0 Å². The second-order valence-electron chi connectivity index (χ2n) is 1.78. The Hall–Kier alpha value is -0.0800. The average molecular weight is 104 g/mol. The fourth-order valence-electron chi connectivity index (χ4n) is 0.395. The van der Waals surface area contributed by atoms with Gasteiger partial charge < -0.3 is 10.2 Å². The van der Waals surface area contributed by atoms with Crippen LogP contribution >= 0.6 is 0 Å². The predicted octanol–water partition coefficient (Wildman–Crippen LogP) is -0.480. The molecule has 0 aromatic heterocycles. The molecular weight excluding hydrogens is 88.1 g/mol. The van der Waals surface area contributed by atoms with Gasteiger partial charge in [-0.05, 0) is 14.1 Å². The van der Waals surface area contributed by atoms with E-state index in [1.807, 2.05) is 0 Å². The smallest absolute Gasteiger partial charge is 0.0445 e. The fraction of sp³-hybridized carbons (Fsp3) is 1.00. The van der Waals surface area contributed by atoms with Crippen molar-refractivity contribution in [3.8, 4) is 0 Å². The maximum absolute atomic E-state index is 7.28. The predicted molar refractivity (Wildman–Crippen MR) is 30.3 cm³/mol. The van der Waals surface area contributed by atoms with Gasteiger partial charge in [0.1, 0.15) is 0 Å². The summed E-state index contributed by atoms with van der Waals surface area (Å²) in [7, 11) is 3.34. The maximum Gasteiger partial charge on any atom is 0.0445 e. The van der Waals surface area contributed by atoms with Crippen LogP contribution in [0.2, 0.25) is 0 Å². The van der Waals surface area contributed by atoms with Crippen molar-refractivity contribution >= 4 is 0 Å². The van der Waals surface area contributed by atoms with Crippen molar-refractivity contribution in [2.45, 2.75) is 6.04 Å². The maximum atomic E-state index is 7.28. The number of nitrogens with zero attached hydrogens (tertiary/aromatic N) is 1. The largest absolute Gasteiger partial charge is 0.314 e. The minimum Gasteiger partial charge on any atom is -0.314 e. The van der Waals surface area contributed by atoms with Gasteiger partial charge in [-0.2, -0.15) is 0 Å². The third-order valence-electron chi connectivity index (χ3n) is 0.934. The first-order chi connectivity index (χ1) is 4.77. The summed E-state index contributed by atoms with van der Waals surface area (Å²) >= 11 is 0. The summed E-state index contributed by atoms with van der Waals surface area (Å²) in [4.78, 5) is 1.55. The van der Waals surface area contributed by atoms with Gasteiger partial charge in [0, 0.05) is 24.5 Å². The van der Waals surface area contributed by atoms with E-state index in [1.165, 1.54) is 0 Å². The highest BCUT2D eigenvalue weighted by atomic mass is 15.2. The number of rotatable bonds is 1. The summed E-state index contributed by atoms with van der Waals surface area (Å²) in [6, 6.07) is -0.699. The molecule has 0 aliphatic carbocycles. The van der Waals surface area contributed by atoms with Crippen molar-refractivity contribution in [3.05, 3.63) is 0 Å². The van der Waals surface area contributed by atoms with E-state index < -0.39 is 19.0 Å². The van der Waals surface area contributed by atoms with E-state index in [-0.39, 0.29) is 0 Å². The molecule has 0 aromatic carbocycles. The quantitative estimate of drug-likeness (QED) is 0.483. The molecule has 1 heterocycles. The number of nitrogens with one attached hydrogen (secondary N) is 1. The second kappa shape index (κ2) is 1.80. The van der Waals surface area contributed by atoms with Crippen LogP contribution in [0.15, 0.2) is 0 Å². The van der Waals surface area contributed by atoms with Crippen LogP contribution in [0, 0.1) is 0 Å². The zero-order valence-electron chi connectivity index (χ0n) is 8.52. The number of likely N-dealkylation sites (N-methyl/N-ethyl adjacent to an activating group) is 1. The van der Waals surface area contributed by atoms with Crippen molar-refractivity contribution in [2.24, 2.45) is 0 Å². The molecule has 42 valence electrons.